The molecule has 2 aromatic heterocycles. The molecule has 0 fully saturated rings. The molecule has 0 saturated carbocycles. The van der Waals surface area contributed by atoms with Crippen molar-refractivity contribution in [1.82, 2.24) is 4.98 Å². The van der Waals surface area contributed by atoms with Crippen LogP contribution in [0.5, 0.6) is 0 Å². The second kappa shape index (κ2) is 6.42. The lowest BCUT2D eigenvalue weighted by atomic mass is 10.1. The highest BCUT2D eigenvalue weighted by atomic mass is 35.5. The summed E-state index contributed by atoms with van der Waals surface area (Å²) >= 11 is 7.29. The lowest BCUT2D eigenvalue weighted by Gasteiger charge is -2.01. The van der Waals surface area contributed by atoms with Gasteiger partial charge in [0.15, 0.2) is 12.0 Å². The Hall–Kier alpha value is -1.98. The minimum Gasteiger partial charge on any atom is -0.618 e. The van der Waals surface area contributed by atoms with Crippen LogP contribution in [-0.2, 0) is 5.75 Å². The summed E-state index contributed by atoms with van der Waals surface area (Å²) in [4.78, 5) is 4.42. The Kier molecular flexibility index (Phi) is 4.36. The number of hydrogen-bond acceptors (Lipinski definition) is 4. The van der Waals surface area contributed by atoms with Gasteiger partial charge in [0.05, 0.1) is 11.4 Å². The van der Waals surface area contributed by atoms with E-state index in [1.807, 2.05) is 37.3 Å². The molecule has 0 bridgehead atoms. The molecule has 0 amide bonds. The number of rotatable bonds is 4. The van der Waals surface area contributed by atoms with Crippen LogP contribution < -0.4 is 4.73 Å². The van der Waals surface area contributed by atoms with Crippen LogP contribution in [-0.4, -0.2) is 4.98 Å². The molecule has 1 aromatic carbocycles. The highest BCUT2D eigenvalue weighted by Gasteiger charge is 2.13. The smallest absolute Gasteiger partial charge is 0.251 e. The third-order valence-electron chi connectivity index (χ3n) is 3.08. The van der Waals surface area contributed by atoms with E-state index in [-0.39, 0.29) is 0 Å². The van der Waals surface area contributed by atoms with Crippen molar-refractivity contribution in [3.05, 3.63) is 70.5 Å². The maximum absolute atomic E-state index is 11.6. The maximum atomic E-state index is 11.6. The SMILES string of the molecule is Cc1nc(CSc2cccc[n+]2[O-])oc1-c1ccc(Cl)cc1. The number of aromatic nitrogens is 2. The Balaban J connectivity index is 1.78. The molecule has 112 valence electrons. The van der Waals surface area contributed by atoms with E-state index in [0.29, 0.717) is 21.7 Å². The Morgan fingerprint density at radius 2 is 2.00 bits per heavy atom. The molecule has 0 aliphatic carbocycles. The first-order chi connectivity index (χ1) is 10.6. The highest BCUT2D eigenvalue weighted by Crippen LogP contribution is 2.28. The van der Waals surface area contributed by atoms with Crippen molar-refractivity contribution in [2.75, 3.05) is 0 Å². The summed E-state index contributed by atoms with van der Waals surface area (Å²) in [5.41, 5.74) is 1.75. The monoisotopic (exact) mass is 332 g/mol. The fourth-order valence-electron chi connectivity index (χ4n) is 2.04. The van der Waals surface area contributed by atoms with Crippen LogP contribution in [0, 0.1) is 12.1 Å². The minimum atomic E-state index is 0.501. The van der Waals surface area contributed by atoms with Gasteiger partial charge in [0.2, 0.25) is 5.89 Å². The van der Waals surface area contributed by atoms with E-state index >= 15 is 0 Å². The Bertz CT molecular complexity index is 787. The Labute approximate surface area is 137 Å². The second-order valence-corrected chi connectivity index (χ2v) is 6.11. The van der Waals surface area contributed by atoms with Crippen LogP contribution >= 0.6 is 23.4 Å². The van der Waals surface area contributed by atoms with Crippen molar-refractivity contribution in [3.8, 4) is 11.3 Å². The standard InChI is InChI=1S/C16H13ClN2O2S/c1-11-16(12-5-7-13(17)8-6-12)21-14(18-11)10-22-15-4-2-3-9-19(15)20/h2-9H,10H2,1H3. The van der Waals surface area contributed by atoms with Gasteiger partial charge in [-0.25, -0.2) is 4.98 Å². The van der Waals surface area contributed by atoms with Crippen molar-refractivity contribution in [2.24, 2.45) is 0 Å². The molecule has 0 radical (unpaired) electrons. The molecule has 3 rings (SSSR count). The third-order valence-corrected chi connectivity index (χ3v) is 4.33. The molecule has 0 unspecified atom stereocenters. The molecule has 0 saturated heterocycles. The van der Waals surface area contributed by atoms with Crippen LogP contribution in [0.25, 0.3) is 11.3 Å². The molecule has 6 heteroatoms. The summed E-state index contributed by atoms with van der Waals surface area (Å²) in [7, 11) is 0. The largest absolute Gasteiger partial charge is 0.618 e. The number of halogens is 1. The van der Waals surface area contributed by atoms with Crippen molar-refractivity contribution in [3.63, 3.8) is 0 Å². The number of pyridine rings is 1. The average Bonchev–Trinajstić information content (AvgIpc) is 2.88. The first kappa shape index (κ1) is 14.9. The molecule has 0 N–H and O–H groups in total. The van der Waals surface area contributed by atoms with E-state index in [0.717, 1.165) is 21.7 Å². The topological polar surface area (TPSA) is 53.0 Å². The van der Waals surface area contributed by atoms with Gasteiger partial charge in [0.25, 0.3) is 5.03 Å². The van der Waals surface area contributed by atoms with E-state index in [1.54, 1.807) is 12.1 Å². The van der Waals surface area contributed by atoms with Crippen LogP contribution in [0.3, 0.4) is 0 Å². The highest BCUT2D eigenvalue weighted by molar-refractivity contribution is 7.98. The first-order valence-electron chi connectivity index (χ1n) is 6.67. The zero-order valence-corrected chi connectivity index (χ0v) is 13.4. The summed E-state index contributed by atoms with van der Waals surface area (Å²) in [5.74, 6) is 1.83. The van der Waals surface area contributed by atoms with E-state index in [1.165, 1.54) is 18.0 Å². The summed E-state index contributed by atoms with van der Waals surface area (Å²) in [6.45, 7) is 1.90. The van der Waals surface area contributed by atoms with E-state index in [9.17, 15) is 5.21 Å². The predicted molar refractivity (Wildman–Crippen MR) is 86.6 cm³/mol. The quantitative estimate of drug-likeness (QED) is 0.407. The van der Waals surface area contributed by atoms with Gasteiger partial charge in [-0.15, -0.1) is 0 Å². The molecule has 4 nitrogen and oxygen atoms in total. The van der Waals surface area contributed by atoms with Crippen molar-refractivity contribution < 1.29 is 9.15 Å². The van der Waals surface area contributed by atoms with Gasteiger partial charge in [-0.1, -0.05) is 11.6 Å². The van der Waals surface area contributed by atoms with Gasteiger partial charge in [0, 0.05) is 22.7 Å². The summed E-state index contributed by atoms with van der Waals surface area (Å²) in [6.07, 6.45) is 1.47. The summed E-state index contributed by atoms with van der Waals surface area (Å²) in [6, 6.07) is 12.7. The van der Waals surface area contributed by atoms with E-state index in [4.69, 9.17) is 16.0 Å². The van der Waals surface area contributed by atoms with Gasteiger partial charge >= 0.3 is 0 Å². The molecular formula is C16H13ClN2O2S. The van der Waals surface area contributed by atoms with Crippen LogP contribution in [0.1, 0.15) is 11.6 Å². The molecule has 2 heterocycles. The zero-order chi connectivity index (χ0) is 15.5. The van der Waals surface area contributed by atoms with Crippen LogP contribution in [0.15, 0.2) is 58.1 Å². The lowest BCUT2D eigenvalue weighted by Crippen LogP contribution is -2.27. The second-order valence-electron chi connectivity index (χ2n) is 4.68. The summed E-state index contributed by atoms with van der Waals surface area (Å²) < 4.78 is 6.65. The molecule has 0 spiro atoms. The number of thioether (sulfide) groups is 1. The average molecular weight is 333 g/mol. The van der Waals surface area contributed by atoms with Gasteiger partial charge in [-0.05, 0) is 49.0 Å². The van der Waals surface area contributed by atoms with Crippen molar-refractivity contribution in [1.29, 1.82) is 0 Å². The normalized spacial score (nSPS) is 10.8. The van der Waals surface area contributed by atoms with E-state index < -0.39 is 0 Å². The first-order valence-corrected chi connectivity index (χ1v) is 8.03. The zero-order valence-electron chi connectivity index (χ0n) is 11.8. The van der Waals surface area contributed by atoms with Gasteiger partial charge in [-0.3, -0.25) is 0 Å². The number of benzene rings is 1. The number of nitrogens with zero attached hydrogens (tertiary/aromatic N) is 2. The molecule has 0 atom stereocenters. The Morgan fingerprint density at radius 3 is 2.73 bits per heavy atom. The fourth-order valence-corrected chi connectivity index (χ4v) is 2.93. The van der Waals surface area contributed by atoms with E-state index in [2.05, 4.69) is 4.98 Å². The molecular weight excluding hydrogens is 320 g/mol. The summed E-state index contributed by atoms with van der Waals surface area (Å²) in [5, 5.41) is 12.9. The molecule has 0 aliphatic rings. The van der Waals surface area contributed by atoms with Crippen LogP contribution in [0.4, 0.5) is 0 Å². The third kappa shape index (κ3) is 3.26. The molecule has 3 aromatic rings. The van der Waals surface area contributed by atoms with Crippen molar-refractivity contribution >= 4 is 23.4 Å². The number of aryl methyl sites for hydroxylation is 1. The van der Waals surface area contributed by atoms with Gasteiger partial charge in [-0.2, -0.15) is 4.73 Å². The fraction of sp³-hybridized carbons (Fsp3) is 0.125. The van der Waals surface area contributed by atoms with Crippen molar-refractivity contribution in [2.45, 2.75) is 17.7 Å². The minimum absolute atomic E-state index is 0.501. The van der Waals surface area contributed by atoms with Gasteiger partial charge < -0.3 is 9.62 Å². The van der Waals surface area contributed by atoms with Gasteiger partial charge in [0.1, 0.15) is 0 Å². The van der Waals surface area contributed by atoms with Crippen LogP contribution in [0.2, 0.25) is 5.02 Å². The Morgan fingerprint density at radius 1 is 1.23 bits per heavy atom. The molecule has 22 heavy (non-hydrogen) atoms. The number of oxazole rings is 1. The maximum Gasteiger partial charge on any atom is 0.251 e. The predicted octanol–water partition coefficient (Wildman–Crippen LogP) is 4.23. The molecule has 0 aliphatic heterocycles. The lowest BCUT2D eigenvalue weighted by molar-refractivity contribution is -0.645. The number of hydrogen-bond donors (Lipinski definition) is 0.